The maximum Gasteiger partial charge on any atom is 0.309 e. The van der Waals surface area contributed by atoms with E-state index in [0.717, 1.165) is 31.6 Å². The van der Waals surface area contributed by atoms with Gasteiger partial charge in [-0.05, 0) is 19.8 Å². The summed E-state index contributed by atoms with van der Waals surface area (Å²) in [5, 5.41) is 8.10. The van der Waals surface area contributed by atoms with Crippen molar-refractivity contribution in [1.29, 1.82) is 0 Å². The fraction of sp³-hybridized carbons (Fsp3) is 0.583. The number of rotatable bonds is 3. The van der Waals surface area contributed by atoms with Crippen LogP contribution in [-0.4, -0.2) is 35.9 Å². The zero-order chi connectivity index (χ0) is 13.8. The quantitative estimate of drug-likeness (QED) is 0.803. The molecule has 1 saturated heterocycles. The molecule has 0 aliphatic carbocycles. The van der Waals surface area contributed by atoms with Gasteiger partial charge >= 0.3 is 5.97 Å². The van der Waals surface area contributed by atoms with Gasteiger partial charge in [0, 0.05) is 13.1 Å². The van der Waals surface area contributed by atoms with Crippen LogP contribution in [0.15, 0.2) is 6.20 Å². The summed E-state index contributed by atoms with van der Waals surface area (Å²) in [6.45, 7) is 3.70. The molecule has 0 amide bonds. The summed E-state index contributed by atoms with van der Waals surface area (Å²) >= 11 is 12.0. The molecule has 19 heavy (non-hydrogen) atoms. The lowest BCUT2D eigenvalue weighted by Gasteiger charge is -2.32. The van der Waals surface area contributed by atoms with Crippen molar-refractivity contribution in [2.75, 3.05) is 24.6 Å². The highest BCUT2D eigenvalue weighted by Gasteiger charge is 2.27. The lowest BCUT2D eigenvalue weighted by Crippen LogP contribution is -2.37. The first-order valence-electron chi connectivity index (χ1n) is 6.21. The van der Waals surface area contributed by atoms with E-state index in [-0.39, 0.29) is 17.0 Å². The average Bonchev–Trinajstić information content (AvgIpc) is 2.42. The molecule has 2 heterocycles. The molecule has 0 radical (unpaired) electrons. The molecular weight excluding hydrogens is 289 g/mol. The Kier molecular flexibility index (Phi) is 4.82. The van der Waals surface area contributed by atoms with E-state index >= 15 is 0 Å². The first-order chi connectivity index (χ1) is 9.13. The molecule has 1 aromatic rings. The number of carbonyl (C=O) groups is 1. The van der Waals surface area contributed by atoms with Crippen molar-refractivity contribution in [2.45, 2.75) is 19.8 Å². The molecule has 7 heteroatoms. The van der Waals surface area contributed by atoms with Gasteiger partial charge in [0.2, 0.25) is 0 Å². The van der Waals surface area contributed by atoms with Gasteiger partial charge in [0.05, 0.1) is 24.4 Å². The summed E-state index contributed by atoms with van der Waals surface area (Å²) in [5.74, 6) is -0.139. The molecule has 1 aliphatic heterocycles. The molecule has 0 unspecified atom stereocenters. The summed E-state index contributed by atoms with van der Waals surface area (Å²) in [6.07, 6.45) is 3.09. The molecule has 5 nitrogen and oxygen atoms in total. The van der Waals surface area contributed by atoms with Gasteiger partial charge in [0.15, 0.2) is 5.15 Å². The van der Waals surface area contributed by atoms with Gasteiger partial charge in [-0.3, -0.25) is 4.79 Å². The fourth-order valence-electron chi connectivity index (χ4n) is 2.18. The van der Waals surface area contributed by atoms with Gasteiger partial charge in [-0.1, -0.05) is 23.2 Å². The van der Waals surface area contributed by atoms with Crippen molar-refractivity contribution in [2.24, 2.45) is 5.92 Å². The Morgan fingerprint density at radius 1 is 1.47 bits per heavy atom. The molecular formula is C12H15Cl2N3O2. The standard InChI is InChI=1S/C12H15Cl2N3O2/c1-2-19-12(18)8-3-5-17(6-4-8)9-7-15-16-11(14)10(9)13/h7-8H,2-6H2,1H3. The van der Waals surface area contributed by atoms with Crippen LogP contribution in [0.4, 0.5) is 5.69 Å². The van der Waals surface area contributed by atoms with Crippen molar-refractivity contribution < 1.29 is 9.53 Å². The van der Waals surface area contributed by atoms with Crippen molar-refractivity contribution in [3.05, 3.63) is 16.4 Å². The zero-order valence-electron chi connectivity index (χ0n) is 10.6. The third-order valence-corrected chi connectivity index (χ3v) is 3.92. The molecule has 0 aromatic carbocycles. The molecule has 0 atom stereocenters. The first-order valence-corrected chi connectivity index (χ1v) is 6.97. The maximum atomic E-state index is 11.7. The van der Waals surface area contributed by atoms with Crippen molar-refractivity contribution in [1.82, 2.24) is 10.2 Å². The summed E-state index contributed by atoms with van der Waals surface area (Å²) < 4.78 is 5.04. The largest absolute Gasteiger partial charge is 0.466 e. The number of anilines is 1. The van der Waals surface area contributed by atoms with E-state index in [2.05, 4.69) is 15.1 Å². The van der Waals surface area contributed by atoms with Crippen LogP contribution in [0.1, 0.15) is 19.8 Å². The highest BCUT2D eigenvalue weighted by atomic mass is 35.5. The van der Waals surface area contributed by atoms with Gasteiger partial charge < -0.3 is 9.64 Å². The summed E-state index contributed by atoms with van der Waals surface area (Å²) in [7, 11) is 0. The van der Waals surface area contributed by atoms with Gasteiger partial charge in [-0.15, -0.1) is 5.10 Å². The van der Waals surface area contributed by atoms with E-state index in [1.165, 1.54) is 0 Å². The predicted octanol–water partition coefficient (Wildman–Crippen LogP) is 2.56. The third kappa shape index (κ3) is 3.28. The lowest BCUT2D eigenvalue weighted by molar-refractivity contribution is -0.148. The van der Waals surface area contributed by atoms with Gasteiger partial charge in [0.25, 0.3) is 0 Å². The Morgan fingerprint density at radius 3 is 2.79 bits per heavy atom. The van der Waals surface area contributed by atoms with Crippen molar-refractivity contribution >= 4 is 34.9 Å². The van der Waals surface area contributed by atoms with E-state index in [4.69, 9.17) is 27.9 Å². The van der Waals surface area contributed by atoms with E-state index in [0.29, 0.717) is 11.6 Å². The predicted molar refractivity (Wildman–Crippen MR) is 73.6 cm³/mol. The van der Waals surface area contributed by atoms with E-state index in [1.54, 1.807) is 6.20 Å². The number of esters is 1. The number of aromatic nitrogens is 2. The molecule has 1 aliphatic rings. The molecule has 0 N–H and O–H groups in total. The molecule has 2 rings (SSSR count). The molecule has 1 aromatic heterocycles. The Labute approximate surface area is 121 Å². The molecule has 104 valence electrons. The molecule has 0 bridgehead atoms. The number of nitrogens with zero attached hydrogens (tertiary/aromatic N) is 3. The third-order valence-electron chi connectivity index (χ3n) is 3.19. The summed E-state index contributed by atoms with van der Waals surface area (Å²) in [5.41, 5.74) is 0.768. The molecule has 0 saturated carbocycles. The Hall–Kier alpha value is -1.07. The smallest absolute Gasteiger partial charge is 0.309 e. The number of piperidine rings is 1. The molecule has 0 spiro atoms. The van der Waals surface area contributed by atoms with Gasteiger partial charge in [-0.25, -0.2) is 0 Å². The van der Waals surface area contributed by atoms with Crippen LogP contribution in [0.2, 0.25) is 10.2 Å². The summed E-state index contributed by atoms with van der Waals surface area (Å²) in [6, 6.07) is 0. The van der Waals surface area contributed by atoms with Gasteiger partial charge in [0.1, 0.15) is 5.02 Å². The van der Waals surface area contributed by atoms with Crippen LogP contribution in [0.3, 0.4) is 0 Å². The number of halogens is 2. The van der Waals surface area contributed by atoms with E-state index < -0.39 is 0 Å². The van der Waals surface area contributed by atoms with Gasteiger partial charge in [-0.2, -0.15) is 5.10 Å². The van der Waals surface area contributed by atoms with Crippen LogP contribution in [0.5, 0.6) is 0 Å². The summed E-state index contributed by atoms with van der Waals surface area (Å²) in [4.78, 5) is 13.7. The zero-order valence-corrected chi connectivity index (χ0v) is 12.1. The minimum Gasteiger partial charge on any atom is -0.466 e. The Balaban J connectivity index is 2.00. The van der Waals surface area contributed by atoms with Crippen LogP contribution in [-0.2, 0) is 9.53 Å². The van der Waals surface area contributed by atoms with Crippen LogP contribution in [0, 0.1) is 5.92 Å². The second-order valence-electron chi connectivity index (χ2n) is 4.35. The van der Waals surface area contributed by atoms with Crippen molar-refractivity contribution in [3.63, 3.8) is 0 Å². The minimum atomic E-state index is -0.112. The number of hydrogen-bond acceptors (Lipinski definition) is 5. The normalized spacial score (nSPS) is 16.5. The van der Waals surface area contributed by atoms with Crippen LogP contribution in [0.25, 0.3) is 0 Å². The number of ether oxygens (including phenoxy) is 1. The highest BCUT2D eigenvalue weighted by molar-refractivity contribution is 6.42. The lowest BCUT2D eigenvalue weighted by atomic mass is 9.97. The second kappa shape index (κ2) is 6.39. The minimum absolute atomic E-state index is 0.0276. The first kappa shape index (κ1) is 14.3. The second-order valence-corrected chi connectivity index (χ2v) is 5.08. The topological polar surface area (TPSA) is 55.3 Å². The fourth-order valence-corrected chi connectivity index (χ4v) is 2.52. The van der Waals surface area contributed by atoms with Crippen LogP contribution >= 0.6 is 23.2 Å². The average molecular weight is 304 g/mol. The number of carbonyl (C=O) groups excluding carboxylic acids is 1. The van der Waals surface area contributed by atoms with Crippen molar-refractivity contribution in [3.8, 4) is 0 Å². The monoisotopic (exact) mass is 303 g/mol. The van der Waals surface area contributed by atoms with Crippen LogP contribution < -0.4 is 4.90 Å². The van der Waals surface area contributed by atoms with E-state index in [1.807, 2.05) is 6.92 Å². The maximum absolute atomic E-state index is 11.7. The molecule has 1 fully saturated rings. The highest BCUT2D eigenvalue weighted by Crippen LogP contribution is 2.32. The SMILES string of the molecule is CCOC(=O)C1CCN(c2cnnc(Cl)c2Cl)CC1. The Bertz CT molecular complexity index is 462. The number of hydrogen-bond donors (Lipinski definition) is 0. The Morgan fingerprint density at radius 2 is 2.16 bits per heavy atom. The van der Waals surface area contributed by atoms with E-state index in [9.17, 15) is 4.79 Å².